The Morgan fingerprint density at radius 2 is 2.32 bits per heavy atom. The molecule has 1 aliphatic rings. The Balaban J connectivity index is 1.73. The molecule has 1 N–H and O–H groups in total. The molecule has 0 saturated heterocycles. The Morgan fingerprint density at radius 3 is 3.05 bits per heavy atom. The highest BCUT2D eigenvalue weighted by Crippen LogP contribution is 2.38. The summed E-state index contributed by atoms with van der Waals surface area (Å²) in [4.78, 5) is 4.61. The largest absolute Gasteiger partial charge is 0.495 e. The predicted octanol–water partition coefficient (Wildman–Crippen LogP) is 4.25. The second-order valence-electron chi connectivity index (χ2n) is 4.73. The number of thioether (sulfide) groups is 2. The molecule has 0 radical (unpaired) electrons. The first-order valence-corrected chi connectivity index (χ1v) is 9.05. The number of aromatic nitrogens is 2. The Kier molecular flexibility index (Phi) is 3.43. The van der Waals surface area contributed by atoms with E-state index in [1.165, 1.54) is 0 Å². The third-order valence-electron chi connectivity index (χ3n) is 3.39. The molecule has 0 amide bonds. The van der Waals surface area contributed by atoms with Crippen molar-refractivity contribution in [1.82, 2.24) is 9.66 Å². The van der Waals surface area contributed by atoms with Crippen LogP contribution in [0.4, 0.5) is 0 Å². The lowest BCUT2D eigenvalue weighted by Crippen LogP contribution is -2.13. The van der Waals surface area contributed by atoms with E-state index in [2.05, 4.69) is 16.7 Å². The zero-order valence-electron chi connectivity index (χ0n) is 11.8. The van der Waals surface area contributed by atoms with Gasteiger partial charge in [-0.2, -0.15) is 0 Å². The van der Waals surface area contributed by atoms with Crippen molar-refractivity contribution in [2.24, 2.45) is 0 Å². The van der Waals surface area contributed by atoms with E-state index < -0.39 is 0 Å². The fourth-order valence-electron chi connectivity index (χ4n) is 2.32. The van der Waals surface area contributed by atoms with Crippen LogP contribution in [0.1, 0.15) is 0 Å². The molecule has 8 heteroatoms. The van der Waals surface area contributed by atoms with Gasteiger partial charge in [0.15, 0.2) is 10.9 Å². The van der Waals surface area contributed by atoms with Crippen molar-refractivity contribution >= 4 is 46.1 Å². The van der Waals surface area contributed by atoms with Gasteiger partial charge in [0.25, 0.3) is 0 Å². The zero-order valence-corrected chi connectivity index (χ0v) is 14.2. The van der Waals surface area contributed by atoms with E-state index in [4.69, 9.17) is 20.8 Å². The van der Waals surface area contributed by atoms with Crippen LogP contribution in [0.15, 0.2) is 34.0 Å². The predicted molar refractivity (Wildman–Crippen MR) is 91.5 cm³/mol. The zero-order chi connectivity index (χ0) is 15.3. The Bertz CT molecular complexity index is 838. The average molecular weight is 354 g/mol. The summed E-state index contributed by atoms with van der Waals surface area (Å²) in [5, 5.41) is 2.43. The summed E-state index contributed by atoms with van der Waals surface area (Å²) in [6.07, 6.45) is 4.00. The molecule has 1 unspecified atom stereocenters. The van der Waals surface area contributed by atoms with E-state index in [1.54, 1.807) is 36.7 Å². The van der Waals surface area contributed by atoms with Gasteiger partial charge in [-0.05, 0) is 30.2 Å². The lowest BCUT2D eigenvalue weighted by Gasteiger charge is -2.05. The second-order valence-corrected chi connectivity index (χ2v) is 7.45. The van der Waals surface area contributed by atoms with E-state index in [1.807, 2.05) is 23.0 Å². The number of hydrogen-bond acceptors (Lipinski definition) is 6. The molecule has 0 spiro atoms. The number of imidazole rings is 1. The monoisotopic (exact) mass is 353 g/mol. The molecule has 114 valence electrons. The fourth-order valence-corrected chi connectivity index (χ4v) is 4.16. The highest BCUT2D eigenvalue weighted by atomic mass is 35.5. The molecule has 3 heterocycles. The number of benzene rings is 1. The third-order valence-corrected chi connectivity index (χ3v) is 5.90. The van der Waals surface area contributed by atoms with Crippen molar-refractivity contribution < 1.29 is 9.15 Å². The maximum atomic E-state index is 6.15. The number of nitrogens with zero attached hydrogens (tertiary/aromatic N) is 2. The quantitative estimate of drug-likeness (QED) is 0.759. The number of hydrogen-bond donors (Lipinski definition) is 1. The average Bonchev–Trinajstić information content (AvgIpc) is 3.17. The minimum absolute atomic E-state index is 0.301. The van der Waals surface area contributed by atoms with E-state index >= 15 is 0 Å². The molecule has 2 aromatic heterocycles. The minimum Gasteiger partial charge on any atom is -0.495 e. The summed E-state index contributed by atoms with van der Waals surface area (Å²) in [5.41, 5.74) is 4.85. The van der Waals surface area contributed by atoms with Crippen LogP contribution >= 0.6 is 35.1 Å². The van der Waals surface area contributed by atoms with E-state index in [9.17, 15) is 0 Å². The molecule has 0 bridgehead atoms. The minimum atomic E-state index is 0.301. The Labute approximate surface area is 140 Å². The van der Waals surface area contributed by atoms with Crippen molar-refractivity contribution in [3.05, 3.63) is 29.4 Å². The molecule has 0 fully saturated rings. The number of nitrogens with one attached hydrogen (secondary N) is 1. The Morgan fingerprint density at radius 1 is 1.45 bits per heavy atom. The van der Waals surface area contributed by atoms with Crippen molar-refractivity contribution in [3.8, 4) is 17.2 Å². The van der Waals surface area contributed by atoms with Crippen LogP contribution in [0.25, 0.3) is 22.4 Å². The topological polar surface area (TPSA) is 52.2 Å². The van der Waals surface area contributed by atoms with Crippen LogP contribution in [0, 0.1) is 0 Å². The van der Waals surface area contributed by atoms with Gasteiger partial charge in [0.05, 0.1) is 18.3 Å². The number of methoxy groups -OCH3 is 1. The van der Waals surface area contributed by atoms with Gasteiger partial charge in [0, 0.05) is 11.5 Å². The molecule has 3 aromatic rings. The lowest BCUT2D eigenvalue weighted by atomic mass is 10.2. The van der Waals surface area contributed by atoms with Gasteiger partial charge in [-0.15, -0.1) is 11.8 Å². The number of ether oxygens (including phenoxy) is 1. The highest BCUT2D eigenvalue weighted by molar-refractivity contribution is 8.16. The number of rotatable bonds is 3. The van der Waals surface area contributed by atoms with Gasteiger partial charge in [-0.3, -0.25) is 0 Å². The van der Waals surface area contributed by atoms with Crippen LogP contribution in [0.2, 0.25) is 5.02 Å². The maximum Gasteiger partial charge on any atom is 0.190 e. The third kappa shape index (κ3) is 2.24. The smallest absolute Gasteiger partial charge is 0.190 e. The van der Waals surface area contributed by atoms with Crippen LogP contribution < -0.4 is 10.2 Å². The molecule has 0 saturated carbocycles. The van der Waals surface area contributed by atoms with Crippen LogP contribution in [-0.4, -0.2) is 27.7 Å². The molecular formula is C14H12ClN3O2S2. The molecule has 4 rings (SSSR count). The number of halogens is 1. The standard InChI is InChI=1S/C14H12ClN3O2S2/c1-19-11-5-10-7(3-8(11)15)4-12(20-10)9-6-18-13(16-9)22-14(17-18)21-2/h3-6,14,17H,1-2H3. The van der Waals surface area contributed by atoms with Gasteiger partial charge in [-0.25, -0.2) is 9.66 Å². The van der Waals surface area contributed by atoms with Crippen molar-refractivity contribution in [1.29, 1.82) is 0 Å². The summed E-state index contributed by atoms with van der Waals surface area (Å²) < 4.78 is 13.3. The lowest BCUT2D eigenvalue weighted by molar-refractivity contribution is 0.415. The van der Waals surface area contributed by atoms with Gasteiger partial charge in [0.1, 0.15) is 21.7 Å². The normalized spacial score (nSPS) is 16.8. The second kappa shape index (κ2) is 5.33. The molecule has 1 aliphatic heterocycles. The summed E-state index contributed by atoms with van der Waals surface area (Å²) in [6.45, 7) is 0. The molecule has 1 atom stereocenters. The molecule has 22 heavy (non-hydrogen) atoms. The van der Waals surface area contributed by atoms with Gasteiger partial charge in [0.2, 0.25) is 0 Å². The SMILES string of the molecule is COc1cc2oc(-c3cn4c(n3)SC(SC)N4)cc2cc1Cl. The number of furan rings is 1. The van der Waals surface area contributed by atoms with Gasteiger partial charge < -0.3 is 14.6 Å². The molecule has 5 nitrogen and oxygen atoms in total. The number of fused-ring (bicyclic) bond motifs is 2. The van der Waals surface area contributed by atoms with E-state index in [0.717, 1.165) is 21.8 Å². The van der Waals surface area contributed by atoms with Crippen LogP contribution in [0.3, 0.4) is 0 Å². The molecule has 1 aromatic carbocycles. The summed E-state index contributed by atoms with van der Waals surface area (Å²) in [6, 6.07) is 5.57. The summed E-state index contributed by atoms with van der Waals surface area (Å²) >= 11 is 9.58. The summed E-state index contributed by atoms with van der Waals surface area (Å²) in [7, 11) is 1.59. The van der Waals surface area contributed by atoms with Crippen molar-refractivity contribution in [2.75, 3.05) is 18.8 Å². The Hall–Kier alpha value is -1.44. The molecular weight excluding hydrogens is 342 g/mol. The van der Waals surface area contributed by atoms with Gasteiger partial charge in [-0.1, -0.05) is 11.6 Å². The summed E-state index contributed by atoms with van der Waals surface area (Å²) in [5.74, 6) is 1.31. The fraction of sp³-hybridized carbons (Fsp3) is 0.214. The molecule has 0 aliphatic carbocycles. The first-order valence-electron chi connectivity index (χ1n) is 6.51. The van der Waals surface area contributed by atoms with Crippen molar-refractivity contribution in [2.45, 2.75) is 9.86 Å². The van der Waals surface area contributed by atoms with E-state index in [0.29, 0.717) is 21.2 Å². The first-order chi connectivity index (χ1) is 10.7. The first kappa shape index (κ1) is 14.2. The van der Waals surface area contributed by atoms with Crippen molar-refractivity contribution in [3.63, 3.8) is 0 Å². The van der Waals surface area contributed by atoms with E-state index in [-0.39, 0.29) is 0 Å². The van der Waals surface area contributed by atoms with Crippen LogP contribution in [-0.2, 0) is 0 Å². The highest BCUT2D eigenvalue weighted by Gasteiger charge is 2.24. The van der Waals surface area contributed by atoms with Gasteiger partial charge >= 0.3 is 0 Å². The maximum absolute atomic E-state index is 6.15. The van der Waals surface area contributed by atoms with Crippen LogP contribution in [0.5, 0.6) is 5.75 Å².